The van der Waals surface area contributed by atoms with E-state index in [1.807, 2.05) is 6.07 Å². The van der Waals surface area contributed by atoms with Gasteiger partial charge in [-0.2, -0.15) is 19.3 Å². The van der Waals surface area contributed by atoms with E-state index in [0.717, 1.165) is 0 Å². The third-order valence-electron chi connectivity index (χ3n) is 2.50. The van der Waals surface area contributed by atoms with E-state index in [0.29, 0.717) is 11.3 Å². The van der Waals surface area contributed by atoms with Crippen molar-refractivity contribution in [3.8, 4) is 11.8 Å². The van der Waals surface area contributed by atoms with Crippen LogP contribution in [0.15, 0.2) is 24.4 Å². The van der Waals surface area contributed by atoms with E-state index in [9.17, 15) is 8.78 Å². The quantitative estimate of drug-likeness (QED) is 0.818. The standard InChI is InChI=1S/C12H10F2N6O/c1-7-4-9(21-12(13)14)2-3-10(7)16-6-8(5-15)11-17-19-20-18-11/h2-4,6,12,16H,1H3,(H,17,18,19,20). The Bertz CT molecular complexity index is 678. The van der Waals surface area contributed by atoms with Crippen LogP contribution in [0.2, 0.25) is 0 Å². The van der Waals surface area contributed by atoms with Crippen LogP contribution in [0.4, 0.5) is 14.5 Å². The Morgan fingerprint density at radius 2 is 2.33 bits per heavy atom. The summed E-state index contributed by atoms with van der Waals surface area (Å²) in [6.07, 6.45) is 1.40. The predicted molar refractivity (Wildman–Crippen MR) is 69.2 cm³/mol. The third kappa shape index (κ3) is 3.73. The first-order valence-electron chi connectivity index (χ1n) is 5.76. The van der Waals surface area contributed by atoms with Crippen LogP contribution in [0.25, 0.3) is 5.57 Å². The summed E-state index contributed by atoms with van der Waals surface area (Å²) in [5.74, 6) is 0.219. The number of alkyl halides is 2. The summed E-state index contributed by atoms with van der Waals surface area (Å²) >= 11 is 0. The molecule has 0 saturated carbocycles. The van der Waals surface area contributed by atoms with Gasteiger partial charge in [0, 0.05) is 11.9 Å². The van der Waals surface area contributed by atoms with Crippen molar-refractivity contribution in [3.63, 3.8) is 0 Å². The number of ether oxygens (including phenoxy) is 1. The fourth-order valence-corrected chi connectivity index (χ4v) is 1.55. The number of benzene rings is 1. The molecule has 1 heterocycles. The number of hydrogen-bond donors (Lipinski definition) is 2. The molecule has 0 fully saturated rings. The first-order valence-corrected chi connectivity index (χ1v) is 5.76. The van der Waals surface area contributed by atoms with E-state index in [4.69, 9.17) is 5.26 Å². The van der Waals surface area contributed by atoms with Gasteiger partial charge in [0.1, 0.15) is 17.4 Å². The van der Waals surface area contributed by atoms with Gasteiger partial charge in [-0.15, -0.1) is 10.2 Å². The van der Waals surface area contributed by atoms with Crippen LogP contribution in [0, 0.1) is 18.3 Å². The number of H-pyrrole nitrogens is 1. The summed E-state index contributed by atoms with van der Waals surface area (Å²) in [6.45, 7) is -1.15. The number of aromatic amines is 1. The van der Waals surface area contributed by atoms with Gasteiger partial charge in [-0.1, -0.05) is 0 Å². The van der Waals surface area contributed by atoms with Crippen LogP contribution in [0.3, 0.4) is 0 Å². The van der Waals surface area contributed by atoms with Gasteiger partial charge >= 0.3 is 6.61 Å². The molecule has 7 nitrogen and oxygen atoms in total. The average Bonchev–Trinajstić information content (AvgIpc) is 2.95. The zero-order valence-corrected chi connectivity index (χ0v) is 10.8. The maximum Gasteiger partial charge on any atom is 0.387 e. The second kappa shape index (κ2) is 6.42. The number of tetrazole rings is 1. The van der Waals surface area contributed by atoms with E-state index in [2.05, 4.69) is 30.7 Å². The first kappa shape index (κ1) is 14.4. The molecule has 0 amide bonds. The number of hydrogen-bond acceptors (Lipinski definition) is 6. The molecule has 2 aromatic rings. The molecule has 2 rings (SSSR count). The van der Waals surface area contributed by atoms with Gasteiger partial charge in [-0.25, -0.2) is 0 Å². The minimum Gasteiger partial charge on any atom is -0.435 e. The zero-order valence-electron chi connectivity index (χ0n) is 10.8. The molecule has 2 N–H and O–H groups in total. The van der Waals surface area contributed by atoms with Crippen LogP contribution in [-0.2, 0) is 0 Å². The lowest BCUT2D eigenvalue weighted by molar-refractivity contribution is -0.0498. The molecule has 21 heavy (non-hydrogen) atoms. The molecule has 0 aliphatic rings. The van der Waals surface area contributed by atoms with Gasteiger partial charge in [0.2, 0.25) is 5.82 Å². The van der Waals surface area contributed by atoms with Crippen molar-refractivity contribution in [2.45, 2.75) is 13.5 Å². The van der Waals surface area contributed by atoms with Crippen molar-refractivity contribution in [2.75, 3.05) is 5.32 Å². The largest absolute Gasteiger partial charge is 0.435 e. The smallest absolute Gasteiger partial charge is 0.387 e. The molecule has 0 spiro atoms. The fourth-order valence-electron chi connectivity index (χ4n) is 1.55. The number of rotatable bonds is 5. The molecular weight excluding hydrogens is 282 g/mol. The van der Waals surface area contributed by atoms with Gasteiger partial charge in [-0.3, -0.25) is 0 Å². The Labute approximate surface area is 118 Å². The van der Waals surface area contributed by atoms with E-state index < -0.39 is 6.61 Å². The topological polar surface area (TPSA) is 99.5 Å². The van der Waals surface area contributed by atoms with Crippen LogP contribution in [0.1, 0.15) is 11.4 Å². The average molecular weight is 292 g/mol. The Kier molecular flexibility index (Phi) is 4.40. The van der Waals surface area contributed by atoms with Gasteiger partial charge < -0.3 is 10.1 Å². The maximum atomic E-state index is 12.1. The molecule has 0 bridgehead atoms. The second-order valence-electron chi connectivity index (χ2n) is 3.90. The summed E-state index contributed by atoms with van der Waals surface area (Å²) in [4.78, 5) is 0. The summed E-state index contributed by atoms with van der Waals surface area (Å²) in [7, 11) is 0. The van der Waals surface area contributed by atoms with Gasteiger partial charge in [0.25, 0.3) is 0 Å². The summed E-state index contributed by atoms with van der Waals surface area (Å²) in [5, 5.41) is 24.9. The van der Waals surface area contributed by atoms with Crippen LogP contribution >= 0.6 is 0 Å². The maximum absolute atomic E-state index is 12.1. The van der Waals surface area contributed by atoms with Crippen LogP contribution in [-0.4, -0.2) is 27.2 Å². The van der Waals surface area contributed by atoms with Crippen LogP contribution in [0.5, 0.6) is 5.75 Å². The van der Waals surface area contributed by atoms with E-state index >= 15 is 0 Å². The van der Waals surface area contributed by atoms with E-state index in [-0.39, 0.29) is 17.1 Å². The monoisotopic (exact) mass is 292 g/mol. The highest BCUT2D eigenvalue weighted by atomic mass is 19.3. The number of allylic oxidation sites excluding steroid dienone is 1. The van der Waals surface area contributed by atoms with Crippen molar-refractivity contribution >= 4 is 11.3 Å². The lowest BCUT2D eigenvalue weighted by atomic mass is 10.2. The zero-order chi connectivity index (χ0) is 15.2. The Balaban J connectivity index is 2.15. The molecule has 0 aliphatic carbocycles. The summed E-state index contributed by atoms with van der Waals surface area (Å²) in [6, 6.07) is 6.35. The van der Waals surface area contributed by atoms with Crippen molar-refractivity contribution in [3.05, 3.63) is 35.8 Å². The number of halogens is 2. The second-order valence-corrected chi connectivity index (χ2v) is 3.90. The first-order chi connectivity index (χ1) is 10.1. The van der Waals surface area contributed by atoms with Crippen molar-refractivity contribution in [2.24, 2.45) is 0 Å². The molecule has 0 saturated heterocycles. The molecule has 1 aromatic carbocycles. The van der Waals surface area contributed by atoms with Crippen molar-refractivity contribution < 1.29 is 13.5 Å². The minimum absolute atomic E-state index is 0.0655. The Morgan fingerprint density at radius 3 is 2.90 bits per heavy atom. The van der Waals surface area contributed by atoms with Gasteiger partial charge in [-0.05, 0) is 35.9 Å². The van der Waals surface area contributed by atoms with Crippen molar-refractivity contribution in [1.82, 2.24) is 20.6 Å². The number of nitrogens with zero attached hydrogens (tertiary/aromatic N) is 4. The number of aryl methyl sites for hydroxylation is 1. The lowest BCUT2D eigenvalue weighted by Crippen LogP contribution is -2.02. The highest BCUT2D eigenvalue weighted by Crippen LogP contribution is 2.23. The Hall–Kier alpha value is -3.02. The summed E-state index contributed by atoms with van der Waals surface area (Å²) in [5.41, 5.74) is 1.48. The highest BCUT2D eigenvalue weighted by Gasteiger charge is 2.08. The molecule has 0 unspecified atom stereocenters. The number of aromatic nitrogens is 4. The van der Waals surface area contributed by atoms with Gasteiger partial charge in [0.15, 0.2) is 0 Å². The van der Waals surface area contributed by atoms with E-state index in [1.54, 1.807) is 13.0 Å². The molecule has 1 aromatic heterocycles. The normalized spacial score (nSPS) is 11.3. The molecule has 0 aliphatic heterocycles. The number of nitrogens with one attached hydrogen (secondary N) is 2. The minimum atomic E-state index is -2.87. The number of anilines is 1. The fraction of sp³-hybridized carbons (Fsp3) is 0.167. The SMILES string of the molecule is Cc1cc(OC(F)F)ccc1NC=C(C#N)c1nn[nH]n1. The highest BCUT2D eigenvalue weighted by molar-refractivity contribution is 5.74. The number of nitriles is 1. The summed E-state index contributed by atoms with van der Waals surface area (Å²) < 4.78 is 28.5. The lowest BCUT2D eigenvalue weighted by Gasteiger charge is -2.09. The van der Waals surface area contributed by atoms with Crippen LogP contribution < -0.4 is 10.1 Å². The van der Waals surface area contributed by atoms with Crippen molar-refractivity contribution in [1.29, 1.82) is 5.26 Å². The third-order valence-corrected chi connectivity index (χ3v) is 2.50. The molecule has 0 atom stereocenters. The molecule has 9 heteroatoms. The molecular formula is C12H10F2N6O. The molecule has 108 valence electrons. The van der Waals surface area contributed by atoms with Gasteiger partial charge in [0.05, 0.1) is 0 Å². The predicted octanol–water partition coefficient (Wildman–Crippen LogP) is 2.09. The Morgan fingerprint density at radius 1 is 1.52 bits per heavy atom. The van der Waals surface area contributed by atoms with E-state index in [1.165, 1.54) is 18.3 Å². The molecule has 0 radical (unpaired) electrons.